The maximum Gasteiger partial charge on any atom is 0.137 e. The molecule has 0 radical (unpaired) electrons. The van der Waals surface area contributed by atoms with Crippen LogP contribution >= 0.6 is 23.2 Å². The van der Waals surface area contributed by atoms with Crippen LogP contribution in [0.3, 0.4) is 0 Å². The van der Waals surface area contributed by atoms with Crippen molar-refractivity contribution in [3.05, 3.63) is 94.1 Å². The first-order valence-electron chi connectivity index (χ1n) is 9.41. The van der Waals surface area contributed by atoms with E-state index in [2.05, 4.69) is 17.1 Å². The summed E-state index contributed by atoms with van der Waals surface area (Å²) in [5.74, 6) is 0. The average Bonchev–Trinajstić information content (AvgIpc) is 3.16. The zero-order chi connectivity index (χ0) is 21.5. The molecule has 2 heterocycles. The number of benzene rings is 3. The molecule has 146 valence electrons. The first-order chi connectivity index (χ1) is 15.1. The van der Waals surface area contributed by atoms with Crippen LogP contribution in [0.4, 0.5) is 0 Å². The molecule has 0 aliphatic heterocycles. The fourth-order valence-corrected chi connectivity index (χ4v) is 4.35. The van der Waals surface area contributed by atoms with Crippen LogP contribution in [0.1, 0.15) is 11.1 Å². The monoisotopic (exact) mass is 438 g/mol. The third-order valence-corrected chi connectivity index (χ3v) is 5.67. The molecule has 0 saturated heterocycles. The highest BCUT2D eigenvalue weighted by molar-refractivity contribution is 6.31. The highest BCUT2D eigenvalue weighted by atomic mass is 35.5. The summed E-state index contributed by atoms with van der Waals surface area (Å²) in [6.07, 6.45) is 1.90. The number of rotatable bonds is 2. The Kier molecular flexibility index (Phi) is 4.60. The molecule has 3 aromatic carbocycles. The second kappa shape index (κ2) is 7.45. The van der Waals surface area contributed by atoms with Gasteiger partial charge in [-0.3, -0.25) is 4.40 Å². The van der Waals surface area contributed by atoms with Crippen molar-refractivity contribution in [3.63, 3.8) is 0 Å². The van der Waals surface area contributed by atoms with Crippen molar-refractivity contribution < 1.29 is 0 Å². The molecule has 0 spiro atoms. The lowest BCUT2D eigenvalue weighted by atomic mass is 9.87. The highest BCUT2D eigenvalue weighted by Crippen LogP contribution is 2.43. The Labute approximate surface area is 188 Å². The molecular formula is C25H12Cl2N4. The Hall–Kier alpha value is -3.83. The van der Waals surface area contributed by atoms with E-state index in [9.17, 15) is 10.5 Å². The number of aromatic nitrogens is 2. The molecule has 0 saturated carbocycles. The number of hydrogen-bond donors (Lipinski definition) is 0. The summed E-state index contributed by atoms with van der Waals surface area (Å²) in [7, 11) is 0. The van der Waals surface area contributed by atoms with E-state index in [1.165, 1.54) is 0 Å². The van der Waals surface area contributed by atoms with Crippen LogP contribution in [0, 0.1) is 22.7 Å². The number of imidazole rings is 1. The smallest absolute Gasteiger partial charge is 0.137 e. The van der Waals surface area contributed by atoms with Gasteiger partial charge in [-0.2, -0.15) is 10.5 Å². The van der Waals surface area contributed by atoms with E-state index >= 15 is 0 Å². The summed E-state index contributed by atoms with van der Waals surface area (Å²) in [6.45, 7) is 0. The summed E-state index contributed by atoms with van der Waals surface area (Å²) in [4.78, 5) is 4.69. The van der Waals surface area contributed by atoms with E-state index in [1.54, 1.807) is 18.2 Å². The molecule has 6 heteroatoms. The van der Waals surface area contributed by atoms with Crippen molar-refractivity contribution >= 4 is 39.9 Å². The lowest BCUT2D eigenvalue weighted by molar-refractivity contribution is 1.23. The lowest BCUT2D eigenvalue weighted by Crippen LogP contribution is -1.98. The van der Waals surface area contributed by atoms with Gasteiger partial charge in [-0.1, -0.05) is 53.5 Å². The number of pyridine rings is 1. The molecule has 0 aliphatic rings. The van der Waals surface area contributed by atoms with Crippen molar-refractivity contribution in [2.24, 2.45) is 0 Å². The van der Waals surface area contributed by atoms with E-state index in [-0.39, 0.29) is 11.1 Å². The van der Waals surface area contributed by atoms with Crippen LogP contribution in [0.5, 0.6) is 0 Å². The van der Waals surface area contributed by atoms with Gasteiger partial charge < -0.3 is 0 Å². The number of fused-ring (bicyclic) bond motifs is 3. The molecule has 0 N–H and O–H groups in total. The maximum atomic E-state index is 10.1. The molecular weight excluding hydrogens is 427 g/mol. The highest BCUT2D eigenvalue weighted by Gasteiger charge is 2.25. The van der Waals surface area contributed by atoms with Crippen LogP contribution in [0.2, 0.25) is 10.0 Å². The van der Waals surface area contributed by atoms with Crippen LogP contribution in [0.25, 0.3) is 38.9 Å². The van der Waals surface area contributed by atoms with E-state index < -0.39 is 0 Å². The summed E-state index contributed by atoms with van der Waals surface area (Å²) in [5, 5.41) is 21.2. The topological polar surface area (TPSA) is 64.9 Å². The molecule has 0 amide bonds. The van der Waals surface area contributed by atoms with Gasteiger partial charge >= 0.3 is 0 Å². The van der Waals surface area contributed by atoms with Crippen molar-refractivity contribution in [1.82, 2.24) is 9.38 Å². The maximum absolute atomic E-state index is 10.1. The molecule has 0 atom stereocenters. The van der Waals surface area contributed by atoms with Gasteiger partial charge in [0.1, 0.15) is 23.3 Å². The number of hydrogen-bond acceptors (Lipinski definition) is 3. The quantitative estimate of drug-likeness (QED) is 0.301. The molecule has 5 aromatic rings. The Bertz CT molecular complexity index is 1590. The largest absolute Gasteiger partial charge is 0.299 e. The standard InChI is InChI=1S/C25H12Cl2N4/c26-17-7-3-5-15(11-17)22-19(13-28)20(14-29)24-25(31-10-2-1-9-21(31)30-24)23(22)16-6-4-8-18(27)12-16/h1-12H. The minimum absolute atomic E-state index is 0.238. The van der Waals surface area contributed by atoms with E-state index in [1.807, 2.05) is 59.1 Å². The van der Waals surface area contributed by atoms with Gasteiger partial charge in [-0.25, -0.2) is 4.98 Å². The zero-order valence-corrected chi connectivity index (χ0v) is 17.5. The summed E-state index contributed by atoms with van der Waals surface area (Å²) >= 11 is 12.6. The Morgan fingerprint density at radius 2 is 1.39 bits per heavy atom. The molecule has 4 nitrogen and oxygen atoms in total. The summed E-state index contributed by atoms with van der Waals surface area (Å²) in [6, 6.07) is 24.8. The van der Waals surface area contributed by atoms with Crippen molar-refractivity contribution in [1.29, 1.82) is 10.5 Å². The number of nitriles is 2. The fourth-order valence-electron chi connectivity index (χ4n) is 3.97. The average molecular weight is 439 g/mol. The number of nitrogens with zero attached hydrogens (tertiary/aromatic N) is 4. The molecule has 0 aliphatic carbocycles. The summed E-state index contributed by atoms with van der Waals surface area (Å²) in [5.41, 5.74) is 5.36. The molecule has 0 unspecified atom stereocenters. The third-order valence-electron chi connectivity index (χ3n) is 5.20. The van der Waals surface area contributed by atoms with Gasteiger partial charge in [-0.05, 0) is 47.5 Å². The SMILES string of the molecule is N#Cc1c(-c2cccc(Cl)c2)c(-c2cccc(Cl)c2)c2c(nc3ccccn32)c1C#N. The predicted octanol–water partition coefficient (Wildman–Crippen LogP) is 6.87. The van der Waals surface area contributed by atoms with Crippen molar-refractivity contribution in [2.75, 3.05) is 0 Å². The normalized spacial score (nSPS) is 10.8. The first kappa shape index (κ1) is 19.2. The van der Waals surface area contributed by atoms with Gasteiger partial charge in [0, 0.05) is 27.4 Å². The van der Waals surface area contributed by atoms with Crippen molar-refractivity contribution in [2.45, 2.75) is 0 Å². The molecule has 0 bridgehead atoms. The fraction of sp³-hybridized carbons (Fsp3) is 0. The molecule has 31 heavy (non-hydrogen) atoms. The van der Waals surface area contributed by atoms with Gasteiger partial charge in [0.05, 0.1) is 16.6 Å². The predicted molar refractivity (Wildman–Crippen MR) is 123 cm³/mol. The Morgan fingerprint density at radius 3 is 2.00 bits per heavy atom. The molecule has 2 aromatic heterocycles. The number of halogens is 2. The van der Waals surface area contributed by atoms with Crippen LogP contribution < -0.4 is 0 Å². The second-order valence-corrected chi connectivity index (χ2v) is 7.86. The van der Waals surface area contributed by atoms with Crippen LogP contribution in [0.15, 0.2) is 72.9 Å². The van der Waals surface area contributed by atoms with Crippen LogP contribution in [-0.2, 0) is 0 Å². The zero-order valence-electron chi connectivity index (χ0n) is 16.0. The Balaban J connectivity index is 2.11. The van der Waals surface area contributed by atoms with E-state index in [4.69, 9.17) is 23.2 Å². The van der Waals surface area contributed by atoms with Crippen molar-refractivity contribution in [3.8, 4) is 34.4 Å². The van der Waals surface area contributed by atoms with Gasteiger partial charge in [0.15, 0.2) is 0 Å². The Morgan fingerprint density at radius 1 is 0.742 bits per heavy atom. The minimum atomic E-state index is 0.238. The first-order valence-corrected chi connectivity index (χ1v) is 10.2. The minimum Gasteiger partial charge on any atom is -0.299 e. The van der Waals surface area contributed by atoms with Gasteiger partial charge in [0.25, 0.3) is 0 Å². The molecule has 5 rings (SSSR count). The van der Waals surface area contributed by atoms with E-state index in [0.717, 1.165) is 22.2 Å². The van der Waals surface area contributed by atoms with Gasteiger partial charge in [-0.15, -0.1) is 0 Å². The lowest BCUT2D eigenvalue weighted by Gasteiger charge is -2.16. The van der Waals surface area contributed by atoms with E-state index in [0.29, 0.717) is 26.8 Å². The third kappa shape index (κ3) is 3.02. The second-order valence-electron chi connectivity index (χ2n) is 6.98. The summed E-state index contributed by atoms with van der Waals surface area (Å²) < 4.78 is 1.93. The van der Waals surface area contributed by atoms with Crippen LogP contribution in [-0.4, -0.2) is 9.38 Å². The molecule has 0 fully saturated rings. The van der Waals surface area contributed by atoms with Gasteiger partial charge in [0.2, 0.25) is 0 Å².